The van der Waals surface area contributed by atoms with Gasteiger partial charge in [0.15, 0.2) is 15.6 Å². The zero-order valence-corrected chi connectivity index (χ0v) is 19.1. The number of carbonyl (C=O) groups excluding carboxylic acids is 1. The van der Waals surface area contributed by atoms with Crippen molar-refractivity contribution in [2.45, 2.75) is 25.2 Å². The van der Waals surface area contributed by atoms with Gasteiger partial charge in [-0.25, -0.2) is 9.97 Å². The normalized spacial score (nSPS) is 13.0. The van der Waals surface area contributed by atoms with Gasteiger partial charge in [0.25, 0.3) is 5.91 Å². The molecule has 0 unspecified atom stereocenters. The topological polar surface area (TPSA) is 114 Å². The van der Waals surface area contributed by atoms with Crippen LogP contribution in [-0.2, 0) is 6.42 Å². The predicted octanol–water partition coefficient (Wildman–Crippen LogP) is 5.01. The second-order valence-corrected chi connectivity index (χ2v) is 8.99. The molecule has 0 radical (unpaired) electrons. The summed E-state index contributed by atoms with van der Waals surface area (Å²) in [7, 11) is 1.54. The molecule has 0 spiro atoms. The standard InChI is InChI=1S/C23H17ClN6O2S/c1-32-19-5-4-13(24)8-16(19)15-9-14(6-7-25)26-10-17(15)21(31)30-23-29-20-22(33-23)28-18(11-27-20)12-2-3-12/h4-5,8-12H,2-3,6H2,1H3,(H,27,29,30,31). The van der Waals surface area contributed by atoms with Crippen molar-refractivity contribution in [3.05, 3.63) is 58.6 Å². The van der Waals surface area contributed by atoms with Gasteiger partial charge in [-0.1, -0.05) is 22.9 Å². The molecule has 10 heteroatoms. The Morgan fingerprint density at radius 2 is 2.09 bits per heavy atom. The molecule has 1 aromatic carbocycles. The Morgan fingerprint density at radius 3 is 2.85 bits per heavy atom. The van der Waals surface area contributed by atoms with Crippen LogP contribution >= 0.6 is 22.9 Å². The second kappa shape index (κ2) is 8.73. The predicted molar refractivity (Wildman–Crippen MR) is 126 cm³/mol. The van der Waals surface area contributed by atoms with E-state index in [-0.39, 0.29) is 6.42 Å². The van der Waals surface area contributed by atoms with Crippen LogP contribution in [0.25, 0.3) is 21.6 Å². The number of nitrogens with zero attached hydrogens (tertiary/aromatic N) is 5. The van der Waals surface area contributed by atoms with Gasteiger partial charge in [-0.15, -0.1) is 0 Å². The van der Waals surface area contributed by atoms with Crippen molar-refractivity contribution >= 4 is 44.5 Å². The van der Waals surface area contributed by atoms with E-state index in [1.807, 2.05) is 0 Å². The first-order valence-electron chi connectivity index (χ1n) is 10.2. The van der Waals surface area contributed by atoms with E-state index in [9.17, 15) is 4.79 Å². The maximum Gasteiger partial charge on any atom is 0.259 e. The average Bonchev–Trinajstić information content (AvgIpc) is 3.59. The number of nitriles is 1. The number of benzene rings is 1. The van der Waals surface area contributed by atoms with Crippen LogP contribution in [-0.4, -0.2) is 33.0 Å². The fourth-order valence-corrected chi connectivity index (χ4v) is 4.47. The molecule has 8 nitrogen and oxygen atoms in total. The lowest BCUT2D eigenvalue weighted by Crippen LogP contribution is -2.14. The van der Waals surface area contributed by atoms with Crippen molar-refractivity contribution in [1.29, 1.82) is 5.26 Å². The van der Waals surface area contributed by atoms with E-state index in [2.05, 4.69) is 31.3 Å². The van der Waals surface area contributed by atoms with E-state index in [1.165, 1.54) is 17.5 Å². The maximum atomic E-state index is 13.3. The third-order valence-electron chi connectivity index (χ3n) is 5.28. The molecule has 3 aromatic heterocycles. The summed E-state index contributed by atoms with van der Waals surface area (Å²) in [6, 6.07) is 8.93. The Morgan fingerprint density at radius 1 is 1.24 bits per heavy atom. The Labute approximate surface area is 198 Å². The monoisotopic (exact) mass is 476 g/mol. The summed E-state index contributed by atoms with van der Waals surface area (Å²) in [5.74, 6) is 0.628. The van der Waals surface area contributed by atoms with Crippen LogP contribution < -0.4 is 10.1 Å². The van der Waals surface area contributed by atoms with E-state index < -0.39 is 5.91 Å². The molecule has 5 rings (SSSR count). The summed E-state index contributed by atoms with van der Waals surface area (Å²) < 4.78 is 5.48. The largest absolute Gasteiger partial charge is 0.496 e. The van der Waals surface area contributed by atoms with Crippen molar-refractivity contribution in [2.75, 3.05) is 12.4 Å². The molecule has 1 N–H and O–H groups in total. The van der Waals surface area contributed by atoms with Crippen molar-refractivity contribution < 1.29 is 9.53 Å². The Hall–Kier alpha value is -3.61. The molecule has 0 atom stereocenters. The highest BCUT2D eigenvalue weighted by molar-refractivity contribution is 7.21. The van der Waals surface area contributed by atoms with Crippen LogP contribution in [0.15, 0.2) is 36.7 Å². The van der Waals surface area contributed by atoms with Crippen molar-refractivity contribution in [2.24, 2.45) is 0 Å². The highest BCUT2D eigenvalue weighted by Crippen LogP contribution is 2.40. The summed E-state index contributed by atoms with van der Waals surface area (Å²) >= 11 is 7.50. The molecule has 3 heterocycles. The molecule has 33 heavy (non-hydrogen) atoms. The first-order valence-corrected chi connectivity index (χ1v) is 11.4. The number of thiazole rings is 1. The van der Waals surface area contributed by atoms with Crippen LogP contribution in [0.3, 0.4) is 0 Å². The minimum Gasteiger partial charge on any atom is -0.496 e. The Kier molecular flexibility index (Phi) is 5.62. The number of aromatic nitrogens is 4. The quantitative estimate of drug-likeness (QED) is 0.416. The zero-order valence-electron chi connectivity index (χ0n) is 17.5. The first-order chi connectivity index (χ1) is 16.1. The fourth-order valence-electron chi connectivity index (χ4n) is 3.50. The van der Waals surface area contributed by atoms with Crippen LogP contribution in [0.1, 0.15) is 40.5 Å². The lowest BCUT2D eigenvalue weighted by molar-refractivity contribution is 0.102. The minimum absolute atomic E-state index is 0.107. The van der Waals surface area contributed by atoms with E-state index in [4.69, 9.17) is 21.6 Å². The molecule has 1 fully saturated rings. The number of pyridine rings is 1. The van der Waals surface area contributed by atoms with Gasteiger partial charge in [0, 0.05) is 28.3 Å². The van der Waals surface area contributed by atoms with Crippen LogP contribution in [0.5, 0.6) is 5.75 Å². The van der Waals surface area contributed by atoms with Crippen LogP contribution in [0.4, 0.5) is 5.13 Å². The number of rotatable bonds is 6. The summed E-state index contributed by atoms with van der Waals surface area (Å²) in [6.45, 7) is 0. The number of hydrogen-bond acceptors (Lipinski definition) is 8. The number of halogens is 1. The number of fused-ring (bicyclic) bond motifs is 1. The van der Waals surface area contributed by atoms with Crippen molar-refractivity contribution in [1.82, 2.24) is 19.9 Å². The summed E-state index contributed by atoms with van der Waals surface area (Å²) in [4.78, 5) is 31.6. The lowest BCUT2D eigenvalue weighted by atomic mass is 9.98. The number of methoxy groups -OCH3 is 1. The number of hydrogen-bond donors (Lipinski definition) is 1. The number of amides is 1. The Bertz CT molecular complexity index is 1430. The third-order valence-corrected chi connectivity index (χ3v) is 6.36. The average molecular weight is 477 g/mol. The molecule has 0 saturated heterocycles. The molecule has 0 bridgehead atoms. The minimum atomic E-state index is -0.399. The number of ether oxygens (including phenoxy) is 1. The van der Waals surface area contributed by atoms with Gasteiger partial charge < -0.3 is 4.74 Å². The highest BCUT2D eigenvalue weighted by Gasteiger charge is 2.26. The third kappa shape index (κ3) is 4.35. The lowest BCUT2D eigenvalue weighted by Gasteiger charge is -2.14. The molecule has 164 valence electrons. The molecular weight excluding hydrogens is 460 g/mol. The van der Waals surface area contributed by atoms with Gasteiger partial charge in [-0.05, 0) is 37.1 Å². The summed E-state index contributed by atoms with van der Waals surface area (Å²) in [5, 5.41) is 12.8. The van der Waals surface area contributed by atoms with Gasteiger partial charge >= 0.3 is 0 Å². The number of nitrogens with one attached hydrogen (secondary N) is 1. The zero-order chi connectivity index (χ0) is 22.9. The smallest absolute Gasteiger partial charge is 0.259 e. The van der Waals surface area contributed by atoms with Gasteiger partial charge in [0.1, 0.15) is 5.75 Å². The van der Waals surface area contributed by atoms with E-state index in [0.29, 0.717) is 54.7 Å². The number of anilines is 1. The molecular formula is C23H17ClN6O2S. The SMILES string of the molecule is COc1ccc(Cl)cc1-c1cc(CC#N)ncc1C(=O)Nc1nc2ncc(C3CC3)nc2s1. The molecule has 1 aliphatic rings. The molecule has 1 aliphatic carbocycles. The van der Waals surface area contributed by atoms with Crippen molar-refractivity contribution in [3.8, 4) is 22.9 Å². The molecule has 0 aliphatic heterocycles. The van der Waals surface area contributed by atoms with Gasteiger partial charge in [-0.3, -0.25) is 15.1 Å². The van der Waals surface area contributed by atoms with E-state index in [1.54, 1.807) is 37.6 Å². The molecule has 1 amide bonds. The fraction of sp³-hybridized carbons (Fsp3) is 0.217. The van der Waals surface area contributed by atoms with E-state index >= 15 is 0 Å². The van der Waals surface area contributed by atoms with E-state index in [0.717, 1.165) is 18.5 Å². The highest BCUT2D eigenvalue weighted by atomic mass is 35.5. The second-order valence-electron chi connectivity index (χ2n) is 7.57. The van der Waals surface area contributed by atoms with Gasteiger partial charge in [-0.2, -0.15) is 10.2 Å². The Balaban J connectivity index is 1.52. The maximum absolute atomic E-state index is 13.3. The first kappa shape index (κ1) is 21.2. The molecule has 4 aromatic rings. The van der Waals surface area contributed by atoms with Gasteiger partial charge in [0.2, 0.25) is 0 Å². The van der Waals surface area contributed by atoms with Gasteiger partial charge in [0.05, 0.1) is 42.7 Å². The van der Waals surface area contributed by atoms with Crippen LogP contribution in [0, 0.1) is 11.3 Å². The summed E-state index contributed by atoms with van der Waals surface area (Å²) in [6.07, 6.45) is 5.58. The molecule has 1 saturated carbocycles. The van der Waals surface area contributed by atoms with Crippen molar-refractivity contribution in [3.63, 3.8) is 0 Å². The van der Waals surface area contributed by atoms with Crippen LogP contribution in [0.2, 0.25) is 5.02 Å². The number of carbonyl (C=O) groups is 1. The summed E-state index contributed by atoms with van der Waals surface area (Å²) in [5.41, 5.74) is 3.48.